The van der Waals surface area contributed by atoms with E-state index in [0.29, 0.717) is 0 Å². The van der Waals surface area contributed by atoms with E-state index in [2.05, 4.69) is 5.92 Å². The van der Waals surface area contributed by atoms with Crippen molar-refractivity contribution in [3.05, 3.63) is 33.9 Å². The molecule has 0 heterocycles. The molecule has 1 N–H and O–H groups in total. The van der Waals surface area contributed by atoms with E-state index >= 15 is 0 Å². The standard InChI is InChI=1S/C11H9NO5/c1-3-7(2)17-10-8(11(13)14)5-4-6-9(10)12(15)16/h1,4-7H,2H3,(H,13,14). The molecule has 1 rings (SSSR count). The van der Waals surface area contributed by atoms with Crippen LogP contribution in [0.5, 0.6) is 5.75 Å². The minimum atomic E-state index is -1.31. The summed E-state index contributed by atoms with van der Waals surface area (Å²) in [6, 6.07) is 3.65. The lowest BCUT2D eigenvalue weighted by molar-refractivity contribution is -0.386. The van der Waals surface area contributed by atoms with Crippen LogP contribution >= 0.6 is 0 Å². The fourth-order valence-electron chi connectivity index (χ4n) is 1.17. The normalized spacial score (nSPS) is 11.3. The third-order valence-corrected chi connectivity index (χ3v) is 1.95. The van der Waals surface area contributed by atoms with Gasteiger partial charge in [0.15, 0.2) is 6.10 Å². The van der Waals surface area contributed by atoms with Crippen molar-refractivity contribution in [3.63, 3.8) is 0 Å². The van der Waals surface area contributed by atoms with E-state index < -0.39 is 22.7 Å². The highest BCUT2D eigenvalue weighted by atomic mass is 16.6. The van der Waals surface area contributed by atoms with Crippen LogP contribution in [-0.2, 0) is 0 Å². The predicted molar refractivity (Wildman–Crippen MR) is 59.0 cm³/mol. The van der Waals surface area contributed by atoms with Crippen LogP contribution in [0, 0.1) is 22.5 Å². The Kier molecular flexibility index (Phi) is 3.67. The second kappa shape index (κ2) is 4.99. The van der Waals surface area contributed by atoms with Crippen LogP contribution in [0.25, 0.3) is 0 Å². The van der Waals surface area contributed by atoms with Gasteiger partial charge in [-0.05, 0) is 13.0 Å². The first kappa shape index (κ1) is 12.5. The number of hydrogen-bond acceptors (Lipinski definition) is 4. The maximum absolute atomic E-state index is 10.9. The number of carboxylic acids is 1. The summed E-state index contributed by atoms with van der Waals surface area (Å²) in [6.45, 7) is 1.49. The van der Waals surface area contributed by atoms with Gasteiger partial charge < -0.3 is 9.84 Å². The highest BCUT2D eigenvalue weighted by molar-refractivity contribution is 5.92. The number of terminal acetylenes is 1. The highest BCUT2D eigenvalue weighted by Gasteiger charge is 2.23. The van der Waals surface area contributed by atoms with Crippen molar-refractivity contribution in [2.45, 2.75) is 13.0 Å². The number of hydrogen-bond donors (Lipinski definition) is 1. The van der Waals surface area contributed by atoms with Gasteiger partial charge in [-0.2, -0.15) is 0 Å². The number of para-hydroxylation sites is 1. The Labute approximate surface area is 97.0 Å². The van der Waals surface area contributed by atoms with Crippen molar-refractivity contribution in [1.82, 2.24) is 0 Å². The zero-order chi connectivity index (χ0) is 13.0. The topological polar surface area (TPSA) is 89.7 Å². The first-order valence-electron chi connectivity index (χ1n) is 4.61. The van der Waals surface area contributed by atoms with Gasteiger partial charge in [0.05, 0.1) is 4.92 Å². The largest absolute Gasteiger partial charge is 0.478 e. The summed E-state index contributed by atoms with van der Waals surface area (Å²) in [5, 5.41) is 19.7. The zero-order valence-corrected chi connectivity index (χ0v) is 8.91. The molecule has 88 valence electrons. The molecule has 0 saturated heterocycles. The van der Waals surface area contributed by atoms with Crippen LogP contribution in [0.2, 0.25) is 0 Å². The van der Waals surface area contributed by atoms with Crippen LogP contribution in [0.4, 0.5) is 5.69 Å². The Morgan fingerprint density at radius 2 is 2.29 bits per heavy atom. The van der Waals surface area contributed by atoms with Gasteiger partial charge in [-0.15, -0.1) is 6.42 Å². The quantitative estimate of drug-likeness (QED) is 0.487. The Balaban J connectivity index is 3.34. The molecule has 0 aliphatic heterocycles. The van der Waals surface area contributed by atoms with Gasteiger partial charge in [0.1, 0.15) is 5.56 Å². The van der Waals surface area contributed by atoms with Crippen molar-refractivity contribution < 1.29 is 19.6 Å². The van der Waals surface area contributed by atoms with Gasteiger partial charge in [-0.3, -0.25) is 10.1 Å². The second-order valence-electron chi connectivity index (χ2n) is 3.14. The molecule has 0 aliphatic rings. The molecule has 1 unspecified atom stereocenters. The maximum Gasteiger partial charge on any atom is 0.339 e. The predicted octanol–water partition coefficient (Wildman–Crippen LogP) is 1.69. The minimum Gasteiger partial charge on any atom is -0.478 e. The van der Waals surface area contributed by atoms with Gasteiger partial charge in [0.25, 0.3) is 0 Å². The van der Waals surface area contributed by atoms with Gasteiger partial charge in [-0.1, -0.05) is 12.0 Å². The highest BCUT2D eigenvalue weighted by Crippen LogP contribution is 2.31. The molecule has 0 fully saturated rings. The third-order valence-electron chi connectivity index (χ3n) is 1.95. The zero-order valence-electron chi connectivity index (χ0n) is 8.91. The number of aromatic carboxylic acids is 1. The van der Waals surface area contributed by atoms with E-state index in [-0.39, 0.29) is 11.3 Å². The second-order valence-corrected chi connectivity index (χ2v) is 3.14. The number of nitrogens with zero attached hydrogens (tertiary/aromatic N) is 1. The van der Waals surface area contributed by atoms with Crippen LogP contribution in [-0.4, -0.2) is 22.1 Å². The molecule has 1 aromatic rings. The number of nitro benzene ring substituents is 1. The molecule has 0 aliphatic carbocycles. The molecule has 1 atom stereocenters. The van der Waals surface area contributed by atoms with Crippen molar-refractivity contribution in [1.29, 1.82) is 0 Å². The van der Waals surface area contributed by atoms with Crippen molar-refractivity contribution in [2.24, 2.45) is 0 Å². The van der Waals surface area contributed by atoms with Crippen LogP contribution in [0.15, 0.2) is 18.2 Å². The third kappa shape index (κ3) is 2.72. The summed E-state index contributed by atoms with van der Waals surface area (Å²) < 4.78 is 5.09. The van der Waals surface area contributed by atoms with E-state index in [9.17, 15) is 14.9 Å². The Bertz CT molecular complexity index is 471. The fourth-order valence-corrected chi connectivity index (χ4v) is 1.17. The van der Waals surface area contributed by atoms with Gasteiger partial charge in [0, 0.05) is 6.07 Å². The lowest BCUT2D eigenvalue weighted by atomic mass is 10.1. The Morgan fingerprint density at radius 3 is 2.76 bits per heavy atom. The molecule has 0 aromatic heterocycles. The average Bonchev–Trinajstić information content (AvgIpc) is 2.28. The number of nitro groups is 1. The molecule has 0 saturated carbocycles. The average molecular weight is 235 g/mol. The molecular weight excluding hydrogens is 226 g/mol. The van der Waals surface area contributed by atoms with E-state index in [1.165, 1.54) is 19.1 Å². The van der Waals surface area contributed by atoms with E-state index in [0.717, 1.165) is 6.07 Å². The number of carboxylic acid groups (broad SMARTS) is 1. The summed E-state index contributed by atoms with van der Waals surface area (Å²) in [4.78, 5) is 20.9. The maximum atomic E-state index is 10.9. The lowest BCUT2D eigenvalue weighted by Crippen LogP contribution is -2.13. The number of ether oxygens (including phenoxy) is 1. The smallest absolute Gasteiger partial charge is 0.339 e. The van der Waals surface area contributed by atoms with Gasteiger partial charge in [0.2, 0.25) is 5.75 Å². The molecule has 0 radical (unpaired) electrons. The van der Waals surface area contributed by atoms with Gasteiger partial charge in [-0.25, -0.2) is 4.79 Å². The monoisotopic (exact) mass is 235 g/mol. The van der Waals surface area contributed by atoms with Crippen LogP contribution in [0.3, 0.4) is 0 Å². The lowest BCUT2D eigenvalue weighted by Gasteiger charge is -2.11. The van der Waals surface area contributed by atoms with E-state index in [4.69, 9.17) is 16.3 Å². The molecule has 0 bridgehead atoms. The Hall–Kier alpha value is -2.55. The van der Waals surface area contributed by atoms with Gasteiger partial charge >= 0.3 is 11.7 Å². The van der Waals surface area contributed by atoms with Crippen LogP contribution < -0.4 is 4.74 Å². The number of benzene rings is 1. The van der Waals surface area contributed by atoms with Crippen LogP contribution in [0.1, 0.15) is 17.3 Å². The summed E-state index contributed by atoms with van der Waals surface area (Å²) in [7, 11) is 0. The summed E-state index contributed by atoms with van der Waals surface area (Å²) in [5.74, 6) is 0.572. The SMILES string of the molecule is C#CC(C)Oc1c(C(=O)O)cccc1[N+](=O)[O-]. The summed E-state index contributed by atoms with van der Waals surface area (Å²) in [6.07, 6.45) is 4.32. The molecule has 1 aromatic carbocycles. The first-order valence-corrected chi connectivity index (χ1v) is 4.61. The minimum absolute atomic E-state index is 0.290. The van der Waals surface area contributed by atoms with Crippen molar-refractivity contribution >= 4 is 11.7 Å². The van der Waals surface area contributed by atoms with E-state index in [1.807, 2.05) is 0 Å². The van der Waals surface area contributed by atoms with Crippen molar-refractivity contribution in [3.8, 4) is 18.1 Å². The first-order chi connectivity index (χ1) is 7.97. The van der Waals surface area contributed by atoms with Crippen molar-refractivity contribution in [2.75, 3.05) is 0 Å². The Morgan fingerprint density at radius 1 is 1.65 bits per heavy atom. The summed E-state index contributed by atoms with van der Waals surface area (Å²) in [5.41, 5.74) is -0.715. The molecule has 17 heavy (non-hydrogen) atoms. The number of rotatable bonds is 4. The molecule has 0 amide bonds. The fraction of sp³-hybridized carbons (Fsp3) is 0.182. The van der Waals surface area contributed by atoms with E-state index in [1.54, 1.807) is 0 Å². The molecular formula is C11H9NO5. The summed E-state index contributed by atoms with van der Waals surface area (Å²) >= 11 is 0. The molecule has 6 heteroatoms. The number of carbonyl (C=O) groups is 1. The molecule has 0 spiro atoms. The molecule has 6 nitrogen and oxygen atoms in total.